The Morgan fingerprint density at radius 3 is 3.00 bits per heavy atom. The molecule has 0 saturated heterocycles. The Kier molecular flexibility index (Phi) is 5.24. The van der Waals surface area contributed by atoms with Crippen LogP contribution in [-0.4, -0.2) is 24.0 Å². The number of rotatable bonds is 6. The zero-order valence-corrected chi connectivity index (χ0v) is 12.4. The Morgan fingerprint density at radius 2 is 2.33 bits per heavy atom. The number of halogens is 1. The average molecular weight is 309 g/mol. The maximum atomic E-state index is 13.7. The van der Waals surface area contributed by atoms with E-state index >= 15 is 0 Å². The van der Waals surface area contributed by atoms with Crippen molar-refractivity contribution < 1.29 is 13.9 Å². The number of nitrogens with one attached hydrogen (secondary N) is 1. The quantitative estimate of drug-likeness (QED) is 0.859. The predicted molar refractivity (Wildman–Crippen MR) is 80.4 cm³/mol. The van der Waals surface area contributed by atoms with Crippen LogP contribution in [-0.2, 0) is 6.42 Å². The van der Waals surface area contributed by atoms with Gasteiger partial charge in [0.25, 0.3) is 5.91 Å². The molecule has 2 aromatic rings. The fraction of sp³-hybridized carbons (Fsp3) is 0.286. The molecule has 5 nitrogen and oxygen atoms in total. The lowest BCUT2D eigenvalue weighted by molar-refractivity contribution is 0.102. The highest BCUT2D eigenvalue weighted by atomic mass is 32.1. The van der Waals surface area contributed by atoms with E-state index in [0.717, 1.165) is 5.01 Å². The van der Waals surface area contributed by atoms with E-state index in [1.54, 1.807) is 18.4 Å². The molecule has 3 N–H and O–H groups in total. The summed E-state index contributed by atoms with van der Waals surface area (Å²) in [6.07, 6.45) is 0.635. The molecule has 1 amide bonds. The lowest BCUT2D eigenvalue weighted by atomic mass is 10.2. The summed E-state index contributed by atoms with van der Waals surface area (Å²) in [5, 5.41) is 5.07. The Hall–Kier alpha value is -1.99. The molecule has 0 aliphatic heterocycles. The summed E-state index contributed by atoms with van der Waals surface area (Å²) in [4.78, 5) is 16.2. The van der Waals surface area contributed by atoms with Gasteiger partial charge in [-0.2, -0.15) is 0 Å². The molecule has 0 radical (unpaired) electrons. The van der Waals surface area contributed by atoms with Gasteiger partial charge in [0.05, 0.1) is 11.6 Å². The number of nitrogens with zero attached hydrogens (tertiary/aromatic N) is 1. The van der Waals surface area contributed by atoms with Gasteiger partial charge in [-0.25, -0.2) is 9.37 Å². The zero-order chi connectivity index (χ0) is 15.2. The molecule has 0 spiro atoms. The van der Waals surface area contributed by atoms with Crippen LogP contribution < -0.4 is 15.8 Å². The van der Waals surface area contributed by atoms with E-state index in [0.29, 0.717) is 31.0 Å². The number of benzene rings is 1. The van der Waals surface area contributed by atoms with Crippen LogP contribution in [0.15, 0.2) is 23.6 Å². The van der Waals surface area contributed by atoms with Gasteiger partial charge >= 0.3 is 0 Å². The van der Waals surface area contributed by atoms with Crippen LogP contribution in [0.3, 0.4) is 0 Å². The molecule has 112 valence electrons. The molecule has 1 aromatic carbocycles. The Bertz CT molecular complexity index is 630. The molecule has 1 aromatic heterocycles. The number of nitrogens with two attached hydrogens (primary N) is 1. The van der Waals surface area contributed by atoms with E-state index < -0.39 is 5.82 Å². The topological polar surface area (TPSA) is 77.2 Å². The third-order valence-corrected chi connectivity index (χ3v) is 3.54. The second kappa shape index (κ2) is 7.14. The van der Waals surface area contributed by atoms with E-state index in [9.17, 15) is 9.18 Å². The van der Waals surface area contributed by atoms with Crippen LogP contribution in [0.4, 0.5) is 10.1 Å². The first-order valence-electron chi connectivity index (χ1n) is 6.52. The zero-order valence-electron chi connectivity index (χ0n) is 11.6. The highest BCUT2D eigenvalue weighted by molar-refractivity contribution is 7.09. The third-order valence-electron chi connectivity index (χ3n) is 2.63. The Balaban J connectivity index is 2.06. The Labute approximate surface area is 126 Å². The van der Waals surface area contributed by atoms with Gasteiger partial charge in [0.15, 0.2) is 11.6 Å². The number of aromatic nitrogens is 1. The standard InChI is InChI=1S/C14H16FN3O2S/c1-2-20-12-4-3-9(7-10(12)15)17-14(19)11-8-21-13(18-11)5-6-16/h3-4,7-8H,2,5-6,16H2,1H3,(H,17,19). The van der Waals surface area contributed by atoms with Crippen molar-refractivity contribution in [3.8, 4) is 5.75 Å². The second-order valence-electron chi connectivity index (χ2n) is 4.20. The van der Waals surface area contributed by atoms with Crippen molar-refractivity contribution in [3.63, 3.8) is 0 Å². The number of anilines is 1. The average Bonchev–Trinajstić information content (AvgIpc) is 2.91. The van der Waals surface area contributed by atoms with Gasteiger partial charge in [-0.1, -0.05) is 0 Å². The van der Waals surface area contributed by atoms with Crippen LogP contribution in [0.2, 0.25) is 0 Å². The molecule has 0 bridgehead atoms. The van der Waals surface area contributed by atoms with Crippen LogP contribution in [0.1, 0.15) is 22.4 Å². The van der Waals surface area contributed by atoms with Gasteiger partial charge in [-0.05, 0) is 25.6 Å². The number of ether oxygens (including phenoxy) is 1. The number of hydrogen-bond donors (Lipinski definition) is 2. The molecule has 21 heavy (non-hydrogen) atoms. The first-order valence-corrected chi connectivity index (χ1v) is 7.40. The van der Waals surface area contributed by atoms with E-state index in [2.05, 4.69) is 10.3 Å². The molecule has 0 atom stereocenters. The number of thiazole rings is 1. The molecular formula is C14H16FN3O2S. The normalized spacial score (nSPS) is 10.4. The lowest BCUT2D eigenvalue weighted by Crippen LogP contribution is -2.13. The summed E-state index contributed by atoms with van der Waals surface area (Å²) < 4.78 is 18.8. The minimum absolute atomic E-state index is 0.161. The van der Waals surface area contributed by atoms with Crippen molar-refractivity contribution in [2.75, 3.05) is 18.5 Å². The summed E-state index contributed by atoms with van der Waals surface area (Å²) >= 11 is 1.38. The van der Waals surface area contributed by atoms with Gasteiger partial charge in [-0.3, -0.25) is 4.79 Å². The van der Waals surface area contributed by atoms with Crippen LogP contribution >= 0.6 is 11.3 Å². The van der Waals surface area contributed by atoms with E-state index in [1.807, 2.05) is 0 Å². The smallest absolute Gasteiger partial charge is 0.275 e. The van der Waals surface area contributed by atoms with Crippen molar-refractivity contribution in [3.05, 3.63) is 40.1 Å². The van der Waals surface area contributed by atoms with Gasteiger partial charge in [0, 0.05) is 23.6 Å². The molecular weight excluding hydrogens is 293 g/mol. The lowest BCUT2D eigenvalue weighted by Gasteiger charge is -2.07. The van der Waals surface area contributed by atoms with Crippen LogP contribution in [0.5, 0.6) is 5.75 Å². The number of carbonyl (C=O) groups is 1. The van der Waals surface area contributed by atoms with Gasteiger partial charge in [0.2, 0.25) is 0 Å². The van der Waals surface area contributed by atoms with Gasteiger partial charge < -0.3 is 15.8 Å². The molecule has 0 unspecified atom stereocenters. The minimum atomic E-state index is -0.517. The maximum absolute atomic E-state index is 13.7. The fourth-order valence-corrected chi connectivity index (χ4v) is 2.49. The molecule has 0 aliphatic carbocycles. The second-order valence-corrected chi connectivity index (χ2v) is 5.14. The highest BCUT2D eigenvalue weighted by Crippen LogP contribution is 2.21. The van der Waals surface area contributed by atoms with Crippen molar-refractivity contribution >= 4 is 22.9 Å². The van der Waals surface area contributed by atoms with Gasteiger partial charge in [-0.15, -0.1) is 11.3 Å². The monoisotopic (exact) mass is 309 g/mol. The number of amides is 1. The largest absolute Gasteiger partial charge is 0.491 e. The summed E-state index contributed by atoms with van der Waals surface area (Å²) in [6.45, 7) is 2.64. The van der Waals surface area contributed by atoms with Crippen molar-refractivity contribution in [2.24, 2.45) is 5.73 Å². The molecule has 0 fully saturated rings. The van der Waals surface area contributed by atoms with Crippen molar-refractivity contribution in [1.29, 1.82) is 0 Å². The highest BCUT2D eigenvalue weighted by Gasteiger charge is 2.12. The Morgan fingerprint density at radius 1 is 1.52 bits per heavy atom. The van der Waals surface area contributed by atoms with E-state index in [-0.39, 0.29) is 11.7 Å². The number of carbonyl (C=O) groups excluding carboxylic acids is 1. The molecule has 7 heteroatoms. The molecule has 0 aliphatic rings. The first kappa shape index (κ1) is 15.4. The maximum Gasteiger partial charge on any atom is 0.275 e. The predicted octanol–water partition coefficient (Wildman–Crippen LogP) is 2.43. The molecule has 1 heterocycles. The SMILES string of the molecule is CCOc1ccc(NC(=O)c2csc(CCN)n2)cc1F. The van der Waals surface area contributed by atoms with E-state index in [4.69, 9.17) is 10.5 Å². The molecule has 0 saturated carbocycles. The fourth-order valence-electron chi connectivity index (χ4n) is 1.70. The summed E-state index contributed by atoms with van der Waals surface area (Å²) in [7, 11) is 0. The van der Waals surface area contributed by atoms with Gasteiger partial charge in [0.1, 0.15) is 5.69 Å². The van der Waals surface area contributed by atoms with Crippen LogP contribution in [0, 0.1) is 5.82 Å². The molecule has 2 rings (SSSR count). The number of hydrogen-bond acceptors (Lipinski definition) is 5. The summed E-state index contributed by atoms with van der Waals surface area (Å²) in [5.74, 6) is -0.732. The third kappa shape index (κ3) is 3.99. The summed E-state index contributed by atoms with van der Waals surface area (Å²) in [5.41, 5.74) is 6.10. The van der Waals surface area contributed by atoms with Crippen LogP contribution in [0.25, 0.3) is 0 Å². The van der Waals surface area contributed by atoms with Crippen molar-refractivity contribution in [2.45, 2.75) is 13.3 Å². The van der Waals surface area contributed by atoms with Crippen molar-refractivity contribution in [1.82, 2.24) is 4.98 Å². The van der Waals surface area contributed by atoms with E-state index in [1.165, 1.54) is 23.5 Å². The minimum Gasteiger partial charge on any atom is -0.491 e. The first-order chi connectivity index (χ1) is 10.1. The summed E-state index contributed by atoms with van der Waals surface area (Å²) in [6, 6.07) is 4.28.